The summed E-state index contributed by atoms with van der Waals surface area (Å²) in [6, 6.07) is 20.5. The Kier molecular flexibility index (Phi) is 7.81. The number of benzene rings is 3. The van der Waals surface area contributed by atoms with Gasteiger partial charge in [0, 0.05) is 5.02 Å². The summed E-state index contributed by atoms with van der Waals surface area (Å²) in [5.74, 6) is 0.0490. The molecule has 0 bridgehead atoms. The molecule has 0 aliphatic carbocycles. The highest BCUT2D eigenvalue weighted by molar-refractivity contribution is 9.10. The Bertz CT molecular complexity index is 1100. The van der Waals surface area contributed by atoms with Crippen molar-refractivity contribution >= 4 is 45.6 Å². The molecule has 1 amide bonds. The first-order valence-corrected chi connectivity index (χ1v) is 10.4. The van der Waals surface area contributed by atoms with E-state index in [0.29, 0.717) is 27.6 Å². The van der Waals surface area contributed by atoms with E-state index in [1.165, 1.54) is 12.3 Å². The molecule has 0 saturated carbocycles. The molecule has 0 aliphatic rings. The number of carbonyl (C=O) groups is 2. The van der Waals surface area contributed by atoms with Crippen molar-refractivity contribution in [3.05, 3.63) is 93.4 Å². The summed E-state index contributed by atoms with van der Waals surface area (Å²) >= 11 is 9.26. The molecule has 158 valence electrons. The average Bonchev–Trinajstić information content (AvgIpc) is 2.76. The van der Waals surface area contributed by atoms with Crippen LogP contribution in [0.4, 0.5) is 0 Å². The zero-order chi connectivity index (χ0) is 22.2. The molecule has 1 unspecified atom stereocenters. The van der Waals surface area contributed by atoms with Gasteiger partial charge in [0.05, 0.1) is 16.3 Å². The normalized spacial score (nSPS) is 11.7. The van der Waals surface area contributed by atoms with Gasteiger partial charge >= 0.3 is 5.97 Å². The number of hydrazone groups is 1. The van der Waals surface area contributed by atoms with Gasteiger partial charge in [-0.25, -0.2) is 10.2 Å². The minimum atomic E-state index is -0.732. The van der Waals surface area contributed by atoms with Crippen molar-refractivity contribution in [2.24, 2.45) is 5.10 Å². The van der Waals surface area contributed by atoms with Crippen LogP contribution in [0.1, 0.15) is 22.8 Å². The van der Waals surface area contributed by atoms with Crippen molar-refractivity contribution in [3.63, 3.8) is 0 Å². The SMILES string of the molecule is CC(Oc1ccccc1Br)C(=O)NN=Cc1ccc(OC(=O)c2cccc(Cl)c2)cc1. The van der Waals surface area contributed by atoms with Crippen molar-refractivity contribution in [3.8, 4) is 11.5 Å². The smallest absolute Gasteiger partial charge is 0.343 e. The highest BCUT2D eigenvalue weighted by Crippen LogP contribution is 2.24. The van der Waals surface area contributed by atoms with Gasteiger partial charge in [0.1, 0.15) is 11.5 Å². The van der Waals surface area contributed by atoms with Crippen LogP contribution in [0.2, 0.25) is 5.02 Å². The summed E-state index contributed by atoms with van der Waals surface area (Å²) in [5.41, 5.74) is 3.51. The maximum absolute atomic E-state index is 12.2. The molecule has 3 aromatic rings. The average molecular weight is 502 g/mol. The predicted molar refractivity (Wildman–Crippen MR) is 123 cm³/mol. The van der Waals surface area contributed by atoms with E-state index in [1.807, 2.05) is 18.2 Å². The van der Waals surface area contributed by atoms with Crippen LogP contribution >= 0.6 is 27.5 Å². The maximum Gasteiger partial charge on any atom is 0.343 e. The van der Waals surface area contributed by atoms with Crippen LogP contribution in [-0.2, 0) is 4.79 Å². The fraction of sp³-hybridized carbons (Fsp3) is 0.0870. The Morgan fingerprint density at radius 1 is 1.06 bits per heavy atom. The van der Waals surface area contributed by atoms with E-state index in [4.69, 9.17) is 21.1 Å². The molecular formula is C23H18BrClN2O4. The molecule has 0 spiro atoms. The molecule has 0 aromatic heterocycles. The molecule has 3 rings (SSSR count). The first-order chi connectivity index (χ1) is 14.9. The van der Waals surface area contributed by atoms with E-state index in [0.717, 1.165) is 4.47 Å². The summed E-state index contributed by atoms with van der Waals surface area (Å²) in [5, 5.41) is 4.39. The maximum atomic E-state index is 12.2. The van der Waals surface area contributed by atoms with Crippen LogP contribution in [0.15, 0.2) is 82.4 Å². The molecule has 0 radical (unpaired) electrons. The van der Waals surface area contributed by atoms with Gasteiger partial charge in [0.25, 0.3) is 5.91 Å². The number of nitrogens with zero attached hydrogens (tertiary/aromatic N) is 1. The standard InChI is InChI=1S/C23H18BrClN2O4/c1-15(30-21-8-3-2-7-20(21)24)22(28)27-26-14-16-9-11-19(12-10-16)31-23(29)17-5-4-6-18(25)13-17/h2-15H,1H3,(H,27,28). The number of carbonyl (C=O) groups excluding carboxylic acids is 2. The van der Waals surface area contributed by atoms with Gasteiger partial charge in [0.2, 0.25) is 0 Å². The Hall–Kier alpha value is -3.16. The Balaban J connectivity index is 1.51. The minimum Gasteiger partial charge on any atom is -0.480 e. The highest BCUT2D eigenvalue weighted by Gasteiger charge is 2.15. The van der Waals surface area contributed by atoms with E-state index in [9.17, 15) is 9.59 Å². The number of nitrogens with one attached hydrogen (secondary N) is 1. The molecule has 0 aliphatic heterocycles. The van der Waals surface area contributed by atoms with Gasteiger partial charge in [-0.15, -0.1) is 0 Å². The minimum absolute atomic E-state index is 0.361. The second-order valence-electron chi connectivity index (χ2n) is 6.39. The van der Waals surface area contributed by atoms with Gasteiger partial charge in [0.15, 0.2) is 6.10 Å². The molecule has 8 heteroatoms. The summed E-state index contributed by atoms with van der Waals surface area (Å²) in [7, 11) is 0. The molecular weight excluding hydrogens is 484 g/mol. The van der Waals surface area contributed by atoms with Gasteiger partial charge < -0.3 is 9.47 Å². The van der Waals surface area contributed by atoms with Crippen molar-refractivity contribution in [2.45, 2.75) is 13.0 Å². The Morgan fingerprint density at radius 2 is 1.81 bits per heavy atom. The molecule has 1 N–H and O–H groups in total. The molecule has 6 nitrogen and oxygen atoms in total. The lowest BCUT2D eigenvalue weighted by atomic mass is 10.2. The van der Waals surface area contributed by atoms with E-state index in [-0.39, 0.29) is 5.91 Å². The van der Waals surface area contributed by atoms with E-state index in [1.54, 1.807) is 55.5 Å². The van der Waals surface area contributed by atoms with Crippen LogP contribution in [-0.4, -0.2) is 24.2 Å². The fourth-order valence-corrected chi connectivity index (χ4v) is 3.02. The lowest BCUT2D eigenvalue weighted by Crippen LogP contribution is -2.33. The summed E-state index contributed by atoms with van der Waals surface area (Å²) in [6.07, 6.45) is 0.746. The topological polar surface area (TPSA) is 77.0 Å². The molecule has 31 heavy (non-hydrogen) atoms. The number of hydrogen-bond donors (Lipinski definition) is 1. The second-order valence-corrected chi connectivity index (χ2v) is 7.68. The quantitative estimate of drug-likeness (QED) is 0.208. The van der Waals surface area contributed by atoms with Gasteiger partial charge in [-0.05, 0) is 83.0 Å². The van der Waals surface area contributed by atoms with E-state index in [2.05, 4.69) is 26.5 Å². The molecule has 0 saturated heterocycles. The summed E-state index contributed by atoms with van der Waals surface area (Å²) < 4.78 is 11.7. The number of esters is 1. The molecule has 0 heterocycles. The molecule has 1 atom stereocenters. The lowest BCUT2D eigenvalue weighted by molar-refractivity contribution is -0.127. The van der Waals surface area contributed by atoms with Crippen molar-refractivity contribution in [1.29, 1.82) is 0 Å². The van der Waals surface area contributed by atoms with Crippen LogP contribution in [0.5, 0.6) is 11.5 Å². The van der Waals surface area contributed by atoms with Crippen molar-refractivity contribution < 1.29 is 19.1 Å². The number of halogens is 2. The van der Waals surface area contributed by atoms with E-state index >= 15 is 0 Å². The molecule has 0 fully saturated rings. The van der Waals surface area contributed by atoms with Gasteiger partial charge in [-0.2, -0.15) is 5.10 Å². The predicted octanol–water partition coefficient (Wildman–Crippen LogP) is 5.24. The van der Waals surface area contributed by atoms with Crippen molar-refractivity contribution in [2.75, 3.05) is 0 Å². The monoisotopic (exact) mass is 500 g/mol. The fourth-order valence-electron chi connectivity index (χ4n) is 2.45. The summed E-state index contributed by atoms with van der Waals surface area (Å²) in [6.45, 7) is 1.63. The third-order valence-electron chi connectivity index (χ3n) is 4.05. The Labute approximate surface area is 193 Å². The van der Waals surface area contributed by atoms with Crippen LogP contribution in [0, 0.1) is 0 Å². The first-order valence-electron chi connectivity index (χ1n) is 9.24. The van der Waals surface area contributed by atoms with Crippen LogP contribution < -0.4 is 14.9 Å². The number of hydrogen-bond acceptors (Lipinski definition) is 5. The van der Waals surface area contributed by atoms with Crippen LogP contribution in [0.3, 0.4) is 0 Å². The number of para-hydroxylation sites is 1. The largest absolute Gasteiger partial charge is 0.480 e. The van der Waals surface area contributed by atoms with Gasteiger partial charge in [-0.3, -0.25) is 4.79 Å². The molecule has 3 aromatic carbocycles. The zero-order valence-corrected chi connectivity index (χ0v) is 18.8. The van der Waals surface area contributed by atoms with E-state index < -0.39 is 12.1 Å². The third-order valence-corrected chi connectivity index (χ3v) is 4.94. The lowest BCUT2D eigenvalue weighted by Gasteiger charge is -2.13. The third kappa shape index (κ3) is 6.67. The summed E-state index contributed by atoms with van der Waals surface area (Å²) in [4.78, 5) is 24.3. The zero-order valence-electron chi connectivity index (χ0n) is 16.4. The number of rotatable bonds is 7. The first kappa shape index (κ1) is 22.5. The number of amides is 1. The van der Waals surface area contributed by atoms with Crippen molar-refractivity contribution in [1.82, 2.24) is 5.43 Å². The Morgan fingerprint density at radius 3 is 2.52 bits per heavy atom. The van der Waals surface area contributed by atoms with Gasteiger partial charge in [-0.1, -0.05) is 29.8 Å². The number of ether oxygens (including phenoxy) is 2. The highest BCUT2D eigenvalue weighted by atomic mass is 79.9. The van der Waals surface area contributed by atoms with Crippen LogP contribution in [0.25, 0.3) is 0 Å². The second kappa shape index (κ2) is 10.7.